The maximum atomic E-state index is 13.9. The van der Waals surface area contributed by atoms with E-state index in [1.165, 1.54) is 6.07 Å². The Morgan fingerprint density at radius 3 is 2.50 bits per heavy atom. The average Bonchev–Trinajstić information content (AvgIpc) is 2.66. The van der Waals surface area contributed by atoms with E-state index in [0.717, 1.165) is 11.1 Å². The second-order valence-electron chi connectivity index (χ2n) is 7.35. The number of guanidine groups is 1. The molecule has 3 N–H and O–H groups in total. The van der Waals surface area contributed by atoms with Crippen LogP contribution in [0.1, 0.15) is 30.5 Å². The van der Waals surface area contributed by atoms with Crippen LogP contribution >= 0.6 is 0 Å². The average molecular weight is 387 g/mol. The van der Waals surface area contributed by atoms with E-state index >= 15 is 0 Å². The molecule has 0 aromatic heterocycles. The fourth-order valence-electron chi connectivity index (χ4n) is 2.86. The molecule has 28 heavy (non-hydrogen) atoms. The number of hydrogen-bond acceptors (Lipinski definition) is 3. The predicted molar refractivity (Wildman–Crippen MR) is 113 cm³/mol. The lowest BCUT2D eigenvalue weighted by atomic mass is 9.96. The number of nitrogens with zero attached hydrogens (tertiary/aromatic N) is 2. The van der Waals surface area contributed by atoms with Crippen molar-refractivity contribution in [1.29, 1.82) is 0 Å². The van der Waals surface area contributed by atoms with E-state index in [1.807, 2.05) is 62.3 Å². The first-order valence-electron chi connectivity index (χ1n) is 9.54. The van der Waals surface area contributed by atoms with Gasteiger partial charge in [0.25, 0.3) is 0 Å². The molecule has 2 aromatic carbocycles. The summed E-state index contributed by atoms with van der Waals surface area (Å²) in [6, 6.07) is 14.6. The molecular weight excluding hydrogens is 355 g/mol. The van der Waals surface area contributed by atoms with Gasteiger partial charge in [-0.2, -0.15) is 0 Å². The molecule has 0 bridgehead atoms. The molecule has 0 spiro atoms. The van der Waals surface area contributed by atoms with Crippen LogP contribution in [0.4, 0.5) is 4.39 Å². The van der Waals surface area contributed by atoms with Crippen LogP contribution in [0.2, 0.25) is 0 Å². The van der Waals surface area contributed by atoms with Gasteiger partial charge in [0.2, 0.25) is 0 Å². The molecule has 152 valence electrons. The van der Waals surface area contributed by atoms with Crippen molar-refractivity contribution in [2.75, 3.05) is 27.2 Å². The van der Waals surface area contributed by atoms with Gasteiger partial charge in [-0.25, -0.2) is 9.38 Å². The van der Waals surface area contributed by atoms with E-state index in [4.69, 9.17) is 0 Å². The summed E-state index contributed by atoms with van der Waals surface area (Å²) in [5.41, 5.74) is 1.41. The highest BCUT2D eigenvalue weighted by atomic mass is 19.1. The smallest absolute Gasteiger partial charge is 0.191 e. The van der Waals surface area contributed by atoms with Crippen LogP contribution in [-0.4, -0.2) is 43.2 Å². The minimum atomic E-state index is -1.02. The summed E-state index contributed by atoms with van der Waals surface area (Å²) in [4.78, 5) is 6.51. The second-order valence-corrected chi connectivity index (χ2v) is 7.35. The Hall–Kier alpha value is -2.44. The number of nitrogens with one attached hydrogen (secondary N) is 2. The maximum absolute atomic E-state index is 13.9. The number of aliphatic hydroxyl groups is 1. The van der Waals surface area contributed by atoms with Gasteiger partial charge in [0, 0.05) is 18.7 Å². The lowest BCUT2D eigenvalue weighted by Gasteiger charge is -2.25. The molecule has 0 saturated carbocycles. The van der Waals surface area contributed by atoms with Gasteiger partial charge in [0.15, 0.2) is 5.96 Å². The van der Waals surface area contributed by atoms with E-state index in [1.54, 1.807) is 13.0 Å². The van der Waals surface area contributed by atoms with E-state index < -0.39 is 5.60 Å². The largest absolute Gasteiger partial charge is 0.384 e. The first-order chi connectivity index (χ1) is 13.3. The normalized spacial score (nSPS) is 14.0. The van der Waals surface area contributed by atoms with Crippen molar-refractivity contribution in [1.82, 2.24) is 15.5 Å². The molecule has 1 atom stereocenters. The lowest BCUT2D eigenvalue weighted by molar-refractivity contribution is 0.0617. The van der Waals surface area contributed by atoms with Crippen molar-refractivity contribution >= 4 is 5.96 Å². The van der Waals surface area contributed by atoms with Crippen LogP contribution in [0.25, 0.3) is 0 Å². The van der Waals surface area contributed by atoms with Crippen LogP contribution in [0.15, 0.2) is 53.5 Å². The SMILES string of the molecule is CCNC(=NCc1ccc(F)c(CN(C)C)c1)NCC(C)(O)c1ccccc1. The molecule has 2 aromatic rings. The molecule has 0 aliphatic heterocycles. The summed E-state index contributed by atoms with van der Waals surface area (Å²) in [6.07, 6.45) is 0. The lowest BCUT2D eigenvalue weighted by Crippen LogP contribution is -2.44. The molecule has 0 saturated heterocycles. The maximum Gasteiger partial charge on any atom is 0.191 e. The van der Waals surface area contributed by atoms with Crippen LogP contribution in [0.5, 0.6) is 0 Å². The summed E-state index contributed by atoms with van der Waals surface area (Å²) >= 11 is 0. The predicted octanol–water partition coefficient (Wildman–Crippen LogP) is 2.85. The van der Waals surface area contributed by atoms with E-state index in [-0.39, 0.29) is 5.82 Å². The number of rotatable bonds is 8. The molecule has 2 rings (SSSR count). The molecular formula is C22H31FN4O. The van der Waals surface area contributed by atoms with E-state index in [9.17, 15) is 9.50 Å². The highest BCUT2D eigenvalue weighted by molar-refractivity contribution is 5.79. The van der Waals surface area contributed by atoms with Crippen molar-refractivity contribution in [3.8, 4) is 0 Å². The summed E-state index contributed by atoms with van der Waals surface area (Å²) < 4.78 is 13.9. The number of benzene rings is 2. The molecule has 1 unspecified atom stereocenters. The first kappa shape index (κ1) is 21.9. The van der Waals surface area contributed by atoms with Gasteiger partial charge in [-0.3, -0.25) is 0 Å². The number of halogens is 1. The monoisotopic (exact) mass is 386 g/mol. The van der Waals surface area contributed by atoms with Crippen LogP contribution in [-0.2, 0) is 18.7 Å². The molecule has 0 aliphatic rings. The van der Waals surface area contributed by atoms with Crippen LogP contribution in [0.3, 0.4) is 0 Å². The Morgan fingerprint density at radius 2 is 1.86 bits per heavy atom. The van der Waals surface area contributed by atoms with Crippen molar-refractivity contribution in [3.63, 3.8) is 0 Å². The third kappa shape index (κ3) is 6.62. The fourth-order valence-corrected chi connectivity index (χ4v) is 2.86. The van der Waals surface area contributed by atoms with Gasteiger partial charge < -0.3 is 20.6 Å². The van der Waals surface area contributed by atoms with Gasteiger partial charge in [-0.05, 0) is 51.2 Å². The van der Waals surface area contributed by atoms with Crippen molar-refractivity contribution in [3.05, 3.63) is 71.0 Å². The van der Waals surface area contributed by atoms with Gasteiger partial charge >= 0.3 is 0 Å². The molecule has 5 nitrogen and oxygen atoms in total. The number of aliphatic imine (C=N–C) groups is 1. The van der Waals surface area contributed by atoms with Gasteiger partial charge in [0.1, 0.15) is 11.4 Å². The fraction of sp³-hybridized carbons (Fsp3) is 0.409. The Kier molecular flexibility index (Phi) is 7.96. The standard InChI is InChI=1S/C22H31FN4O/c1-5-24-21(26-16-22(2,28)19-9-7-6-8-10-19)25-14-17-11-12-20(23)18(13-17)15-27(3)4/h6-13,28H,5,14-16H2,1-4H3,(H2,24,25,26). The Morgan fingerprint density at radius 1 is 1.14 bits per heavy atom. The summed E-state index contributed by atoms with van der Waals surface area (Å²) in [6.45, 7) is 5.74. The summed E-state index contributed by atoms with van der Waals surface area (Å²) in [5.74, 6) is 0.405. The Labute approximate surface area is 167 Å². The topological polar surface area (TPSA) is 59.9 Å². The van der Waals surface area contributed by atoms with Crippen molar-refractivity contribution in [2.24, 2.45) is 4.99 Å². The summed E-state index contributed by atoms with van der Waals surface area (Å²) in [5, 5.41) is 17.1. The first-order valence-corrected chi connectivity index (χ1v) is 9.54. The zero-order valence-corrected chi connectivity index (χ0v) is 17.2. The van der Waals surface area contributed by atoms with Crippen molar-refractivity contribution in [2.45, 2.75) is 32.5 Å². The van der Waals surface area contributed by atoms with E-state index in [2.05, 4.69) is 15.6 Å². The number of hydrogen-bond donors (Lipinski definition) is 3. The van der Waals surface area contributed by atoms with Crippen LogP contribution in [0, 0.1) is 5.82 Å². The second kappa shape index (κ2) is 10.2. The third-order valence-corrected chi connectivity index (χ3v) is 4.36. The minimum Gasteiger partial charge on any atom is -0.384 e. The highest BCUT2D eigenvalue weighted by Gasteiger charge is 2.22. The molecule has 6 heteroatoms. The van der Waals surface area contributed by atoms with Gasteiger partial charge in [-0.1, -0.05) is 36.4 Å². The minimum absolute atomic E-state index is 0.203. The van der Waals surface area contributed by atoms with Crippen molar-refractivity contribution < 1.29 is 9.50 Å². The Balaban J connectivity index is 2.06. The zero-order chi connectivity index (χ0) is 20.6. The molecule has 0 aliphatic carbocycles. The molecule has 0 radical (unpaired) electrons. The van der Waals surface area contributed by atoms with Gasteiger partial charge in [0.05, 0.1) is 13.1 Å². The molecule has 0 fully saturated rings. The highest BCUT2D eigenvalue weighted by Crippen LogP contribution is 2.19. The summed E-state index contributed by atoms with van der Waals surface area (Å²) in [7, 11) is 3.83. The third-order valence-electron chi connectivity index (χ3n) is 4.36. The zero-order valence-electron chi connectivity index (χ0n) is 17.2. The van der Waals surface area contributed by atoms with Crippen LogP contribution < -0.4 is 10.6 Å². The molecule has 0 amide bonds. The van der Waals surface area contributed by atoms with E-state index in [0.29, 0.717) is 37.7 Å². The quantitative estimate of drug-likeness (QED) is 0.482. The molecule has 0 heterocycles. The Bertz CT molecular complexity index is 775. The van der Waals surface area contributed by atoms with Gasteiger partial charge in [-0.15, -0.1) is 0 Å².